The maximum absolute atomic E-state index is 12.1. The quantitative estimate of drug-likeness (QED) is 0.941. The van der Waals surface area contributed by atoms with Crippen molar-refractivity contribution in [1.29, 1.82) is 0 Å². The molecule has 1 unspecified atom stereocenters. The number of hydrogen-bond donors (Lipinski definition) is 1. The first-order valence-electron chi connectivity index (χ1n) is 7.21. The fourth-order valence-corrected chi connectivity index (χ4v) is 4.48. The second-order valence-electron chi connectivity index (χ2n) is 5.42. The van der Waals surface area contributed by atoms with E-state index in [9.17, 15) is 13.2 Å². The maximum Gasteiger partial charge on any atom is 0.220 e. The fourth-order valence-electron chi connectivity index (χ4n) is 2.74. The van der Waals surface area contributed by atoms with E-state index in [1.54, 1.807) is 24.3 Å². The third-order valence-electron chi connectivity index (χ3n) is 3.83. The first-order chi connectivity index (χ1) is 10.6. The van der Waals surface area contributed by atoms with E-state index in [4.69, 9.17) is 0 Å². The van der Waals surface area contributed by atoms with Gasteiger partial charge in [-0.2, -0.15) is 0 Å². The summed E-state index contributed by atoms with van der Waals surface area (Å²) in [6, 6.07) is 16.2. The molecular formula is C17H17NO3S. The molecule has 22 heavy (non-hydrogen) atoms. The fraction of sp³-hybridized carbons (Fsp3) is 0.235. The Morgan fingerprint density at radius 1 is 1.05 bits per heavy atom. The maximum atomic E-state index is 12.1. The molecule has 0 radical (unpaired) electrons. The molecule has 3 rings (SSSR count). The van der Waals surface area contributed by atoms with Crippen LogP contribution in [0.1, 0.15) is 23.6 Å². The summed E-state index contributed by atoms with van der Waals surface area (Å²) < 4.78 is 24.1. The zero-order chi connectivity index (χ0) is 15.6. The molecule has 0 saturated heterocycles. The Labute approximate surface area is 130 Å². The molecule has 0 aromatic heterocycles. The summed E-state index contributed by atoms with van der Waals surface area (Å²) in [5, 5.41) is 2.84. The minimum Gasteiger partial charge on any atom is -0.348 e. The van der Waals surface area contributed by atoms with Crippen molar-refractivity contribution in [2.24, 2.45) is 0 Å². The molecule has 5 heteroatoms. The van der Waals surface area contributed by atoms with Gasteiger partial charge in [0, 0.05) is 6.42 Å². The minimum absolute atomic E-state index is 0.0522. The predicted octanol–water partition coefficient (Wildman–Crippen LogP) is 2.26. The number of carbonyl (C=O) groups is 1. The Bertz CT molecular complexity index is 785. The van der Waals surface area contributed by atoms with Crippen LogP contribution in [0.4, 0.5) is 0 Å². The number of nitrogens with one attached hydrogen (secondary N) is 1. The van der Waals surface area contributed by atoms with Crippen LogP contribution < -0.4 is 5.32 Å². The van der Waals surface area contributed by atoms with Crippen LogP contribution in [-0.4, -0.2) is 20.1 Å². The summed E-state index contributed by atoms with van der Waals surface area (Å²) in [5.74, 6) is -0.176. The molecule has 0 aliphatic carbocycles. The second kappa shape index (κ2) is 5.93. The lowest BCUT2D eigenvalue weighted by atomic mass is 10.1. The van der Waals surface area contributed by atoms with Crippen LogP contribution in [0.3, 0.4) is 0 Å². The molecule has 1 heterocycles. The standard InChI is InChI=1S/C17H17NO3S/c19-17(11-10-13-6-2-1-3-7-13)18-15-12-22(20,21)16-9-5-4-8-14(15)16/h1-9,15H,10-12H2,(H,18,19). The van der Waals surface area contributed by atoms with Crippen molar-refractivity contribution in [2.45, 2.75) is 23.8 Å². The van der Waals surface area contributed by atoms with Crippen LogP contribution in [-0.2, 0) is 21.1 Å². The molecule has 2 aromatic carbocycles. The Hall–Kier alpha value is -2.14. The highest BCUT2D eigenvalue weighted by molar-refractivity contribution is 7.91. The average molecular weight is 315 g/mol. The molecule has 1 atom stereocenters. The van der Waals surface area contributed by atoms with Gasteiger partial charge >= 0.3 is 0 Å². The van der Waals surface area contributed by atoms with Crippen LogP contribution in [0.15, 0.2) is 59.5 Å². The molecular weight excluding hydrogens is 298 g/mol. The van der Waals surface area contributed by atoms with Gasteiger partial charge in [0.25, 0.3) is 0 Å². The number of amides is 1. The van der Waals surface area contributed by atoms with Gasteiger partial charge in [0.2, 0.25) is 5.91 Å². The van der Waals surface area contributed by atoms with Gasteiger partial charge in [0.1, 0.15) is 0 Å². The van der Waals surface area contributed by atoms with E-state index in [0.29, 0.717) is 23.3 Å². The Kier molecular flexibility index (Phi) is 3.98. The summed E-state index contributed by atoms with van der Waals surface area (Å²) in [7, 11) is -3.28. The zero-order valence-electron chi connectivity index (χ0n) is 12.0. The van der Waals surface area contributed by atoms with Gasteiger partial charge in [-0.1, -0.05) is 48.5 Å². The molecule has 1 aliphatic rings. The van der Waals surface area contributed by atoms with Gasteiger partial charge in [-0.3, -0.25) is 4.79 Å². The summed E-state index contributed by atoms with van der Waals surface area (Å²) >= 11 is 0. The Morgan fingerprint density at radius 3 is 2.50 bits per heavy atom. The highest BCUT2D eigenvalue weighted by atomic mass is 32.2. The van der Waals surface area contributed by atoms with Gasteiger partial charge in [0.15, 0.2) is 9.84 Å². The van der Waals surface area contributed by atoms with E-state index >= 15 is 0 Å². The van der Waals surface area contributed by atoms with Gasteiger partial charge < -0.3 is 5.32 Å². The summed E-state index contributed by atoms with van der Waals surface area (Å²) in [6.45, 7) is 0. The van der Waals surface area contributed by atoms with E-state index in [-0.39, 0.29) is 11.7 Å². The van der Waals surface area contributed by atoms with Crippen molar-refractivity contribution in [3.63, 3.8) is 0 Å². The number of hydrogen-bond acceptors (Lipinski definition) is 3. The number of sulfone groups is 1. The molecule has 4 nitrogen and oxygen atoms in total. The number of aryl methyl sites for hydroxylation is 1. The van der Waals surface area contributed by atoms with Crippen molar-refractivity contribution >= 4 is 15.7 Å². The molecule has 1 amide bonds. The van der Waals surface area contributed by atoms with E-state index in [1.165, 1.54) is 0 Å². The number of rotatable bonds is 4. The monoisotopic (exact) mass is 315 g/mol. The smallest absolute Gasteiger partial charge is 0.220 e. The van der Waals surface area contributed by atoms with Gasteiger partial charge in [-0.05, 0) is 23.6 Å². The van der Waals surface area contributed by atoms with Crippen molar-refractivity contribution in [1.82, 2.24) is 5.32 Å². The molecule has 1 aliphatic heterocycles. The number of carbonyl (C=O) groups excluding carboxylic acids is 1. The van der Waals surface area contributed by atoms with Gasteiger partial charge in [-0.25, -0.2) is 8.42 Å². The topological polar surface area (TPSA) is 63.2 Å². The van der Waals surface area contributed by atoms with Gasteiger partial charge in [0.05, 0.1) is 16.7 Å². The van der Waals surface area contributed by atoms with Crippen molar-refractivity contribution in [3.8, 4) is 0 Å². The number of benzene rings is 2. The van der Waals surface area contributed by atoms with Crippen LogP contribution in [0.2, 0.25) is 0 Å². The SMILES string of the molecule is O=C(CCc1ccccc1)NC1CS(=O)(=O)c2ccccc21. The molecule has 0 bridgehead atoms. The molecule has 2 aromatic rings. The largest absolute Gasteiger partial charge is 0.348 e. The van der Waals surface area contributed by atoms with Crippen LogP contribution in [0, 0.1) is 0 Å². The van der Waals surface area contributed by atoms with Crippen molar-refractivity contribution in [2.75, 3.05) is 5.75 Å². The lowest BCUT2D eigenvalue weighted by Crippen LogP contribution is -2.29. The van der Waals surface area contributed by atoms with E-state index in [0.717, 1.165) is 5.56 Å². The average Bonchev–Trinajstić information content (AvgIpc) is 2.78. The number of fused-ring (bicyclic) bond motifs is 1. The first-order valence-corrected chi connectivity index (χ1v) is 8.86. The minimum atomic E-state index is -3.28. The van der Waals surface area contributed by atoms with Crippen LogP contribution in [0.25, 0.3) is 0 Å². The zero-order valence-corrected chi connectivity index (χ0v) is 12.8. The van der Waals surface area contributed by atoms with Crippen LogP contribution >= 0.6 is 0 Å². The van der Waals surface area contributed by atoms with Crippen molar-refractivity contribution in [3.05, 3.63) is 65.7 Å². The van der Waals surface area contributed by atoms with Gasteiger partial charge in [-0.15, -0.1) is 0 Å². The first kappa shape index (κ1) is 14.8. The third-order valence-corrected chi connectivity index (χ3v) is 5.65. The Balaban J connectivity index is 1.66. The lowest BCUT2D eigenvalue weighted by molar-refractivity contribution is -0.121. The normalized spacial score (nSPS) is 18.6. The molecule has 0 spiro atoms. The van der Waals surface area contributed by atoms with E-state index in [1.807, 2.05) is 30.3 Å². The summed E-state index contributed by atoms with van der Waals surface area (Å²) in [5.41, 5.74) is 1.78. The van der Waals surface area contributed by atoms with Crippen molar-refractivity contribution < 1.29 is 13.2 Å². The molecule has 0 saturated carbocycles. The molecule has 1 N–H and O–H groups in total. The molecule has 114 valence electrons. The third kappa shape index (κ3) is 3.04. The predicted molar refractivity (Wildman–Crippen MR) is 84.1 cm³/mol. The second-order valence-corrected chi connectivity index (χ2v) is 7.43. The summed E-state index contributed by atoms with van der Waals surface area (Å²) in [6.07, 6.45) is 0.997. The Morgan fingerprint density at radius 2 is 1.73 bits per heavy atom. The van der Waals surface area contributed by atoms with Crippen LogP contribution in [0.5, 0.6) is 0 Å². The highest BCUT2D eigenvalue weighted by Crippen LogP contribution is 2.32. The summed E-state index contributed by atoms with van der Waals surface area (Å²) in [4.78, 5) is 12.4. The molecule has 0 fully saturated rings. The highest BCUT2D eigenvalue weighted by Gasteiger charge is 2.34. The van der Waals surface area contributed by atoms with E-state index in [2.05, 4.69) is 5.32 Å². The van der Waals surface area contributed by atoms with E-state index < -0.39 is 15.9 Å². The lowest BCUT2D eigenvalue weighted by Gasteiger charge is -2.12.